The fraction of sp³-hybridized carbons (Fsp3) is 0.143. The lowest BCUT2D eigenvalue weighted by atomic mass is 10.2. The largest absolute Gasteiger partial charge is 0.494 e. The quantitative estimate of drug-likeness (QED) is 0.471. The zero-order chi connectivity index (χ0) is 20.0. The second-order valence-corrected chi connectivity index (χ2v) is 4.61. The third-order valence-corrected chi connectivity index (χ3v) is 2.99. The highest BCUT2D eigenvalue weighted by Crippen LogP contribution is 2.29. The van der Waals surface area contributed by atoms with E-state index in [-0.39, 0.29) is 22.9 Å². The van der Waals surface area contributed by atoms with Gasteiger partial charge in [-0.1, -0.05) is 0 Å². The van der Waals surface area contributed by atoms with Gasteiger partial charge in [-0.15, -0.1) is 0 Å². The minimum atomic E-state index is -0.962. The Morgan fingerprint density at radius 2 is 1.12 bits per heavy atom. The Balaban J connectivity index is 0.000000260. The van der Waals surface area contributed by atoms with E-state index in [9.17, 15) is 29.0 Å². The lowest BCUT2D eigenvalue weighted by Gasteiger charge is -2.03. The van der Waals surface area contributed by atoms with Crippen LogP contribution in [0.3, 0.4) is 0 Å². The van der Waals surface area contributed by atoms with Crippen molar-refractivity contribution in [3.8, 4) is 11.5 Å². The first-order valence-electron chi connectivity index (χ1n) is 6.67. The molecule has 0 spiro atoms. The van der Waals surface area contributed by atoms with Gasteiger partial charge in [0.1, 0.15) is 11.5 Å². The van der Waals surface area contributed by atoms with Crippen LogP contribution in [-0.4, -0.2) is 24.1 Å². The summed E-state index contributed by atoms with van der Waals surface area (Å²) in [4.78, 5) is 18.8. The van der Waals surface area contributed by atoms with Crippen molar-refractivity contribution in [2.45, 2.75) is 0 Å². The van der Waals surface area contributed by atoms with Gasteiger partial charge in [-0.25, -0.2) is 0 Å². The molecule has 0 fully saturated rings. The van der Waals surface area contributed by atoms with Gasteiger partial charge in [0.05, 0.1) is 35.4 Å². The normalized spacial score (nSPS) is 9.69. The van der Waals surface area contributed by atoms with Gasteiger partial charge in [-0.3, -0.25) is 20.2 Å². The third-order valence-electron chi connectivity index (χ3n) is 2.99. The van der Waals surface area contributed by atoms with Crippen molar-refractivity contribution in [1.29, 1.82) is 0 Å². The number of hydrogen-bond acceptors (Lipinski definition) is 8. The number of nitrogen functional groups attached to an aromatic ring is 2. The van der Waals surface area contributed by atoms with Crippen LogP contribution in [0.15, 0.2) is 24.3 Å². The smallest absolute Gasteiger partial charge is 0.307 e. The first-order chi connectivity index (χ1) is 12.1. The Morgan fingerprint density at radius 1 is 0.808 bits per heavy atom. The number of hydrogen-bond donors (Lipinski definition) is 2. The van der Waals surface area contributed by atoms with Crippen LogP contribution in [0.4, 0.5) is 31.5 Å². The first kappa shape index (κ1) is 20.3. The monoisotopic (exact) mass is 372 g/mol. The summed E-state index contributed by atoms with van der Waals surface area (Å²) in [7, 11) is 2.61. The molecule has 0 saturated carbocycles. The van der Waals surface area contributed by atoms with E-state index in [1.165, 1.54) is 14.2 Å². The van der Waals surface area contributed by atoms with E-state index in [0.717, 1.165) is 24.3 Å². The lowest BCUT2D eigenvalue weighted by molar-refractivity contribution is -0.387. The molecule has 0 amide bonds. The van der Waals surface area contributed by atoms with Crippen LogP contribution in [0.1, 0.15) is 0 Å². The van der Waals surface area contributed by atoms with E-state index in [1.807, 2.05) is 0 Å². The molecule has 0 radical (unpaired) electrons. The zero-order valence-electron chi connectivity index (χ0n) is 13.6. The SMILES string of the molecule is COc1cc(F)c([N+](=O)[O-])cc1N.COc1cc(F)c([N+](=O)[O-])cc1N. The van der Waals surface area contributed by atoms with Crippen LogP contribution in [0.5, 0.6) is 11.5 Å². The van der Waals surface area contributed by atoms with Crippen molar-refractivity contribution in [2.75, 3.05) is 25.7 Å². The molecule has 0 aliphatic heterocycles. The molecule has 2 aromatic rings. The van der Waals surface area contributed by atoms with Gasteiger partial charge < -0.3 is 20.9 Å². The maximum Gasteiger partial charge on any atom is 0.307 e. The number of nitro benzene ring substituents is 2. The van der Waals surface area contributed by atoms with Gasteiger partial charge >= 0.3 is 11.4 Å². The number of ether oxygens (including phenoxy) is 2. The third kappa shape index (κ3) is 4.66. The Bertz CT molecular complexity index is 777. The van der Waals surface area contributed by atoms with E-state index in [1.54, 1.807) is 0 Å². The Hall–Kier alpha value is -3.70. The number of rotatable bonds is 4. The number of nitro groups is 2. The number of benzene rings is 2. The summed E-state index contributed by atoms with van der Waals surface area (Å²) in [6.07, 6.45) is 0. The summed E-state index contributed by atoms with van der Waals surface area (Å²) < 4.78 is 35.1. The highest BCUT2D eigenvalue weighted by molar-refractivity contribution is 5.59. The summed E-state index contributed by atoms with van der Waals surface area (Å²) in [6, 6.07) is 3.61. The lowest BCUT2D eigenvalue weighted by Crippen LogP contribution is -1.98. The highest BCUT2D eigenvalue weighted by Gasteiger charge is 2.17. The molecule has 140 valence electrons. The van der Waals surface area contributed by atoms with Crippen molar-refractivity contribution in [1.82, 2.24) is 0 Å². The molecule has 2 rings (SSSR count). The van der Waals surface area contributed by atoms with Gasteiger partial charge in [0.25, 0.3) is 0 Å². The molecule has 0 bridgehead atoms. The van der Waals surface area contributed by atoms with Crippen LogP contribution >= 0.6 is 0 Å². The van der Waals surface area contributed by atoms with E-state index < -0.39 is 32.9 Å². The summed E-state index contributed by atoms with van der Waals surface area (Å²) in [5, 5.41) is 20.5. The zero-order valence-corrected chi connectivity index (χ0v) is 13.6. The number of methoxy groups -OCH3 is 2. The maximum atomic E-state index is 12.9. The summed E-state index contributed by atoms with van der Waals surface area (Å²) in [5.41, 5.74) is 9.45. The van der Waals surface area contributed by atoms with E-state index in [0.29, 0.717) is 0 Å². The fourth-order valence-corrected chi connectivity index (χ4v) is 1.75. The average molecular weight is 372 g/mol. The Kier molecular flexibility index (Phi) is 6.58. The maximum absolute atomic E-state index is 12.9. The predicted molar refractivity (Wildman–Crippen MR) is 88.0 cm³/mol. The highest BCUT2D eigenvalue weighted by atomic mass is 19.1. The topological polar surface area (TPSA) is 157 Å². The van der Waals surface area contributed by atoms with E-state index >= 15 is 0 Å². The van der Waals surface area contributed by atoms with Crippen molar-refractivity contribution in [3.63, 3.8) is 0 Å². The second-order valence-electron chi connectivity index (χ2n) is 4.61. The van der Waals surface area contributed by atoms with Gasteiger partial charge in [0.2, 0.25) is 11.6 Å². The van der Waals surface area contributed by atoms with Crippen molar-refractivity contribution >= 4 is 22.7 Å². The van der Waals surface area contributed by atoms with Gasteiger partial charge in [0, 0.05) is 24.3 Å². The van der Waals surface area contributed by atoms with Gasteiger partial charge in [-0.05, 0) is 0 Å². The molecule has 10 nitrogen and oxygen atoms in total. The summed E-state index contributed by atoms with van der Waals surface area (Å²) in [6.45, 7) is 0. The molecule has 0 aliphatic carbocycles. The molecule has 0 heterocycles. The average Bonchev–Trinajstić information content (AvgIpc) is 2.58. The Labute approximate surface area is 145 Å². The van der Waals surface area contributed by atoms with Gasteiger partial charge in [-0.2, -0.15) is 8.78 Å². The van der Waals surface area contributed by atoms with Crippen LogP contribution in [0.25, 0.3) is 0 Å². The Morgan fingerprint density at radius 3 is 1.35 bits per heavy atom. The molecule has 0 aliphatic rings. The standard InChI is InChI=1S/2C7H7FN2O3/c2*1-13-7-2-4(8)6(10(11)12)3-5(7)9/h2*2-3H,9H2,1H3. The first-order valence-corrected chi connectivity index (χ1v) is 6.67. The molecule has 26 heavy (non-hydrogen) atoms. The summed E-state index contributed by atoms with van der Waals surface area (Å²) in [5.74, 6) is -1.75. The summed E-state index contributed by atoms with van der Waals surface area (Å²) >= 11 is 0. The minimum Gasteiger partial charge on any atom is -0.494 e. The fourth-order valence-electron chi connectivity index (χ4n) is 1.75. The molecule has 4 N–H and O–H groups in total. The second kappa shape index (κ2) is 8.41. The molecular weight excluding hydrogens is 358 g/mol. The van der Waals surface area contributed by atoms with Gasteiger partial charge in [0.15, 0.2) is 0 Å². The predicted octanol–water partition coefficient (Wildman–Crippen LogP) is 2.65. The van der Waals surface area contributed by atoms with E-state index in [2.05, 4.69) is 9.47 Å². The molecule has 0 unspecified atom stereocenters. The molecular formula is C14H14F2N4O6. The van der Waals surface area contributed by atoms with Crippen molar-refractivity contribution in [2.24, 2.45) is 0 Å². The van der Waals surface area contributed by atoms with Crippen molar-refractivity contribution < 1.29 is 28.1 Å². The molecule has 0 atom stereocenters. The number of nitrogens with two attached hydrogens (primary N) is 2. The molecule has 12 heteroatoms. The molecule has 0 aromatic heterocycles. The number of nitrogens with zero attached hydrogens (tertiary/aromatic N) is 2. The van der Waals surface area contributed by atoms with Crippen LogP contribution in [0.2, 0.25) is 0 Å². The van der Waals surface area contributed by atoms with Crippen molar-refractivity contribution in [3.05, 3.63) is 56.1 Å². The number of anilines is 2. The van der Waals surface area contributed by atoms with Crippen LogP contribution in [-0.2, 0) is 0 Å². The minimum absolute atomic E-state index is 0.0376. The van der Waals surface area contributed by atoms with Crippen LogP contribution in [0, 0.1) is 31.9 Å². The number of halogens is 2. The molecule has 2 aromatic carbocycles. The molecule has 0 saturated heterocycles. The van der Waals surface area contributed by atoms with E-state index in [4.69, 9.17) is 11.5 Å². The van der Waals surface area contributed by atoms with Crippen LogP contribution < -0.4 is 20.9 Å².